The smallest absolute Gasteiger partial charge is 0.317 e. The number of hydrogen-bond donors (Lipinski definition) is 2. The number of carbonyl (C=O) groups is 2. The molecule has 0 radical (unpaired) electrons. The van der Waals surface area contributed by atoms with Crippen LogP contribution in [0.25, 0.3) is 0 Å². The molecule has 0 aliphatic carbocycles. The minimum atomic E-state index is -3.06. The number of rotatable bonds is 3. The Morgan fingerprint density at radius 2 is 1.89 bits per heavy atom. The van der Waals surface area contributed by atoms with Crippen LogP contribution in [-0.2, 0) is 14.6 Å². The number of nitrogens with one attached hydrogen (secondary N) is 1. The molecule has 1 saturated heterocycles. The van der Waals surface area contributed by atoms with E-state index < -0.39 is 27.4 Å². The van der Waals surface area contributed by atoms with Crippen LogP contribution in [0.3, 0.4) is 0 Å². The van der Waals surface area contributed by atoms with Gasteiger partial charge in [0.2, 0.25) is 0 Å². The fourth-order valence-electron chi connectivity index (χ4n) is 1.93. The summed E-state index contributed by atoms with van der Waals surface area (Å²) in [5.74, 6) is -0.946. The third kappa shape index (κ3) is 5.46. The highest BCUT2D eigenvalue weighted by molar-refractivity contribution is 7.91. The number of nitrogens with zero attached hydrogens (tertiary/aromatic N) is 1. The maximum Gasteiger partial charge on any atom is 0.317 e. The van der Waals surface area contributed by atoms with Gasteiger partial charge in [-0.3, -0.25) is 4.79 Å². The van der Waals surface area contributed by atoms with Gasteiger partial charge in [0.05, 0.1) is 17.9 Å². The lowest BCUT2D eigenvalue weighted by Gasteiger charge is -2.29. The molecule has 0 bridgehead atoms. The third-order valence-corrected chi connectivity index (χ3v) is 4.60. The van der Waals surface area contributed by atoms with Crippen molar-refractivity contribution in [1.29, 1.82) is 0 Å². The van der Waals surface area contributed by atoms with Crippen LogP contribution >= 0.6 is 0 Å². The number of carboxylic acid groups (broad SMARTS) is 1. The fourth-order valence-corrected chi connectivity index (χ4v) is 3.20. The van der Waals surface area contributed by atoms with Crippen LogP contribution in [0.4, 0.5) is 4.79 Å². The Hall–Kier alpha value is -1.31. The predicted octanol–water partition coefficient (Wildman–Crippen LogP) is 0.0698. The second kappa shape index (κ2) is 5.77. The molecule has 110 valence electrons. The molecular weight excluding hydrogens is 272 g/mol. The SMILES string of the molecule is CC(C)(CC(=O)O)NC(=O)N1CCCS(=O)(=O)CC1. The molecule has 2 N–H and O–H groups in total. The van der Waals surface area contributed by atoms with E-state index in [1.807, 2.05) is 0 Å². The summed E-state index contributed by atoms with van der Waals surface area (Å²) in [4.78, 5) is 24.1. The highest BCUT2D eigenvalue weighted by Gasteiger charge is 2.28. The number of amides is 2. The Bertz CT molecular complexity index is 458. The van der Waals surface area contributed by atoms with Gasteiger partial charge in [0.15, 0.2) is 9.84 Å². The Labute approximate surface area is 112 Å². The highest BCUT2D eigenvalue weighted by atomic mass is 32.2. The maximum absolute atomic E-state index is 12.0. The minimum Gasteiger partial charge on any atom is -0.481 e. The van der Waals surface area contributed by atoms with Gasteiger partial charge < -0.3 is 15.3 Å². The molecule has 7 nitrogen and oxygen atoms in total. The predicted molar refractivity (Wildman–Crippen MR) is 69.7 cm³/mol. The lowest BCUT2D eigenvalue weighted by molar-refractivity contribution is -0.138. The molecule has 0 saturated carbocycles. The Morgan fingerprint density at radius 1 is 1.26 bits per heavy atom. The van der Waals surface area contributed by atoms with Crippen molar-refractivity contribution in [3.63, 3.8) is 0 Å². The first-order valence-electron chi connectivity index (χ1n) is 6.11. The number of aliphatic carboxylic acids is 1. The summed E-state index contributed by atoms with van der Waals surface area (Å²) in [7, 11) is -3.06. The Kier molecular flexibility index (Phi) is 4.78. The van der Waals surface area contributed by atoms with Gasteiger partial charge >= 0.3 is 12.0 Å². The number of carboxylic acids is 1. The fraction of sp³-hybridized carbons (Fsp3) is 0.818. The van der Waals surface area contributed by atoms with Crippen LogP contribution < -0.4 is 5.32 Å². The lowest BCUT2D eigenvalue weighted by atomic mass is 10.0. The van der Waals surface area contributed by atoms with Gasteiger partial charge in [0, 0.05) is 18.6 Å². The summed E-state index contributed by atoms with van der Waals surface area (Å²) in [6.45, 7) is 3.76. The van der Waals surface area contributed by atoms with Crippen molar-refractivity contribution in [3.8, 4) is 0 Å². The van der Waals surface area contributed by atoms with E-state index in [0.29, 0.717) is 13.0 Å². The molecule has 0 atom stereocenters. The van der Waals surface area contributed by atoms with E-state index in [0.717, 1.165) is 0 Å². The summed E-state index contributed by atoms with van der Waals surface area (Å²) >= 11 is 0. The first kappa shape index (κ1) is 15.7. The lowest BCUT2D eigenvalue weighted by Crippen LogP contribution is -2.51. The zero-order valence-corrected chi connectivity index (χ0v) is 12.0. The van der Waals surface area contributed by atoms with Gasteiger partial charge in [-0.05, 0) is 20.3 Å². The van der Waals surface area contributed by atoms with E-state index in [9.17, 15) is 18.0 Å². The van der Waals surface area contributed by atoms with Gasteiger partial charge in [-0.2, -0.15) is 0 Å². The van der Waals surface area contributed by atoms with Crippen molar-refractivity contribution in [1.82, 2.24) is 10.2 Å². The summed E-state index contributed by atoms with van der Waals surface area (Å²) in [6.07, 6.45) is 0.222. The summed E-state index contributed by atoms with van der Waals surface area (Å²) in [5.41, 5.74) is -0.867. The molecule has 1 fully saturated rings. The first-order valence-corrected chi connectivity index (χ1v) is 7.93. The molecule has 2 amide bonds. The van der Waals surface area contributed by atoms with Gasteiger partial charge in [-0.1, -0.05) is 0 Å². The van der Waals surface area contributed by atoms with E-state index in [2.05, 4.69) is 5.32 Å². The van der Waals surface area contributed by atoms with Crippen LogP contribution in [0, 0.1) is 0 Å². The highest BCUT2D eigenvalue weighted by Crippen LogP contribution is 2.11. The normalized spacial score (nSPS) is 19.6. The molecule has 1 heterocycles. The van der Waals surface area contributed by atoms with Crippen LogP contribution in [0.1, 0.15) is 26.7 Å². The van der Waals surface area contributed by atoms with Crippen LogP contribution in [0.5, 0.6) is 0 Å². The number of hydrogen-bond acceptors (Lipinski definition) is 4. The summed E-state index contributed by atoms with van der Waals surface area (Å²) in [6, 6.07) is -0.414. The number of carbonyl (C=O) groups excluding carboxylic acids is 1. The van der Waals surface area contributed by atoms with Crippen molar-refractivity contribution < 1.29 is 23.1 Å². The molecule has 0 aromatic rings. The second-order valence-electron chi connectivity index (χ2n) is 5.38. The van der Waals surface area contributed by atoms with Gasteiger partial charge in [-0.15, -0.1) is 0 Å². The van der Waals surface area contributed by atoms with Crippen molar-refractivity contribution in [2.75, 3.05) is 24.6 Å². The maximum atomic E-state index is 12.0. The van der Waals surface area contributed by atoms with E-state index in [4.69, 9.17) is 5.11 Å². The van der Waals surface area contributed by atoms with Gasteiger partial charge in [-0.25, -0.2) is 13.2 Å². The minimum absolute atomic E-state index is 0.0419. The molecule has 1 rings (SSSR count). The van der Waals surface area contributed by atoms with Crippen molar-refractivity contribution in [2.45, 2.75) is 32.2 Å². The number of urea groups is 1. The molecule has 0 spiro atoms. The quantitative estimate of drug-likeness (QED) is 0.766. The molecule has 0 aromatic heterocycles. The molecule has 1 aliphatic heterocycles. The summed E-state index contributed by atoms with van der Waals surface area (Å²) in [5, 5.41) is 11.4. The van der Waals surface area contributed by atoms with Crippen LogP contribution in [0.15, 0.2) is 0 Å². The Balaban J connectivity index is 2.61. The van der Waals surface area contributed by atoms with Crippen LogP contribution in [-0.4, -0.2) is 60.6 Å². The van der Waals surface area contributed by atoms with Gasteiger partial charge in [0.1, 0.15) is 0 Å². The zero-order chi connectivity index (χ0) is 14.7. The van der Waals surface area contributed by atoms with Crippen molar-refractivity contribution >= 4 is 21.8 Å². The molecule has 0 unspecified atom stereocenters. The van der Waals surface area contributed by atoms with E-state index in [1.54, 1.807) is 13.8 Å². The van der Waals surface area contributed by atoms with E-state index in [1.165, 1.54) is 4.90 Å². The average molecular weight is 292 g/mol. The molecule has 19 heavy (non-hydrogen) atoms. The molecular formula is C11H20N2O5S. The monoisotopic (exact) mass is 292 g/mol. The molecule has 0 aromatic carbocycles. The largest absolute Gasteiger partial charge is 0.481 e. The third-order valence-electron chi connectivity index (χ3n) is 2.88. The zero-order valence-electron chi connectivity index (χ0n) is 11.2. The molecule has 8 heteroatoms. The van der Waals surface area contributed by atoms with Crippen molar-refractivity contribution in [2.24, 2.45) is 0 Å². The Morgan fingerprint density at radius 3 is 2.47 bits per heavy atom. The first-order chi connectivity index (χ1) is 8.61. The standard InChI is InChI=1S/C11H20N2O5S/c1-11(2,8-9(14)15)12-10(16)13-4-3-6-19(17,18)7-5-13/h3-8H2,1-2H3,(H,12,16)(H,14,15). The second-order valence-corrected chi connectivity index (χ2v) is 7.68. The van der Waals surface area contributed by atoms with Crippen molar-refractivity contribution in [3.05, 3.63) is 0 Å². The van der Waals surface area contributed by atoms with E-state index in [-0.39, 0.29) is 24.5 Å². The molecule has 1 aliphatic rings. The summed E-state index contributed by atoms with van der Waals surface area (Å²) < 4.78 is 22.9. The van der Waals surface area contributed by atoms with E-state index >= 15 is 0 Å². The van der Waals surface area contributed by atoms with Crippen LogP contribution in [0.2, 0.25) is 0 Å². The number of sulfone groups is 1. The van der Waals surface area contributed by atoms with Gasteiger partial charge in [0.25, 0.3) is 0 Å². The average Bonchev–Trinajstić information content (AvgIpc) is 2.36. The topological polar surface area (TPSA) is 104 Å².